The quantitative estimate of drug-likeness (QED) is 0.693. The molecular formula is C25H29N3O4S. The van der Waals surface area contributed by atoms with Crippen LogP contribution in [0.25, 0.3) is 0 Å². The molecule has 5 rings (SSSR count). The van der Waals surface area contributed by atoms with E-state index in [1.165, 1.54) is 12.5 Å². The number of carbonyl (C=O) groups excluding carboxylic acids is 2. The average Bonchev–Trinajstić information content (AvgIpc) is 3.43. The second-order valence-electron chi connectivity index (χ2n) is 9.19. The molecule has 3 aliphatic heterocycles. The van der Waals surface area contributed by atoms with Crippen LogP contribution in [0.2, 0.25) is 0 Å². The molecule has 1 fully saturated rings. The molecule has 2 aromatic rings. The molecule has 0 bridgehead atoms. The van der Waals surface area contributed by atoms with E-state index in [1.54, 1.807) is 27.4 Å². The van der Waals surface area contributed by atoms with E-state index in [1.807, 2.05) is 23.1 Å². The number of benzene rings is 2. The van der Waals surface area contributed by atoms with Crippen molar-refractivity contribution >= 4 is 33.2 Å². The Hall–Kier alpha value is -2.71. The van der Waals surface area contributed by atoms with Gasteiger partial charge in [-0.1, -0.05) is 18.2 Å². The van der Waals surface area contributed by atoms with E-state index >= 15 is 0 Å². The lowest BCUT2D eigenvalue weighted by atomic mass is 9.94. The molecule has 0 unspecified atom stereocenters. The third-order valence-electron chi connectivity index (χ3n) is 7.19. The number of piperidine rings is 1. The topological polar surface area (TPSA) is 78.0 Å². The van der Waals surface area contributed by atoms with E-state index in [-0.39, 0.29) is 22.6 Å². The van der Waals surface area contributed by atoms with Crippen molar-refractivity contribution in [1.29, 1.82) is 0 Å². The molecule has 2 aromatic carbocycles. The molecule has 0 aromatic heterocycles. The van der Waals surface area contributed by atoms with E-state index in [0.29, 0.717) is 45.3 Å². The first-order valence-electron chi connectivity index (χ1n) is 11.6. The maximum absolute atomic E-state index is 13.2. The summed E-state index contributed by atoms with van der Waals surface area (Å²) in [6.45, 7) is 3.69. The van der Waals surface area contributed by atoms with Gasteiger partial charge < -0.3 is 9.80 Å². The van der Waals surface area contributed by atoms with Gasteiger partial charge >= 0.3 is 0 Å². The van der Waals surface area contributed by atoms with Crippen LogP contribution < -0.4 is 9.80 Å². The van der Waals surface area contributed by atoms with Crippen LogP contribution in [0.4, 0.5) is 11.4 Å². The van der Waals surface area contributed by atoms with E-state index in [0.717, 1.165) is 29.9 Å². The van der Waals surface area contributed by atoms with Gasteiger partial charge in [-0.3, -0.25) is 9.59 Å². The Kier molecular flexibility index (Phi) is 5.74. The number of para-hydroxylation sites is 1. The fraction of sp³-hybridized carbons (Fsp3) is 0.440. The van der Waals surface area contributed by atoms with Gasteiger partial charge in [0.15, 0.2) is 0 Å². The van der Waals surface area contributed by atoms with Gasteiger partial charge in [-0.15, -0.1) is 0 Å². The summed E-state index contributed by atoms with van der Waals surface area (Å²) in [5, 5.41) is 0. The van der Waals surface area contributed by atoms with Crippen molar-refractivity contribution in [3.8, 4) is 0 Å². The Labute approximate surface area is 195 Å². The first-order chi connectivity index (χ1) is 15.8. The van der Waals surface area contributed by atoms with Crippen molar-refractivity contribution in [2.45, 2.75) is 43.9 Å². The van der Waals surface area contributed by atoms with Gasteiger partial charge in [0.25, 0.3) is 0 Å². The highest BCUT2D eigenvalue weighted by atomic mass is 32.2. The first kappa shape index (κ1) is 22.1. The maximum Gasteiger partial charge on any atom is 0.243 e. The number of nitrogens with zero attached hydrogens (tertiary/aromatic N) is 3. The zero-order chi connectivity index (χ0) is 23.2. The lowest BCUT2D eigenvalue weighted by molar-refractivity contribution is -0.119. The molecule has 174 valence electrons. The van der Waals surface area contributed by atoms with Gasteiger partial charge in [-0.25, -0.2) is 8.42 Å². The fourth-order valence-electron chi connectivity index (χ4n) is 5.32. The number of fused-ring (bicyclic) bond motifs is 2. The van der Waals surface area contributed by atoms with Crippen LogP contribution in [0.1, 0.15) is 37.3 Å². The van der Waals surface area contributed by atoms with Crippen LogP contribution in [-0.2, 0) is 32.5 Å². The van der Waals surface area contributed by atoms with Crippen LogP contribution in [-0.4, -0.2) is 50.7 Å². The first-order valence-corrected chi connectivity index (χ1v) is 13.1. The Morgan fingerprint density at radius 2 is 1.55 bits per heavy atom. The van der Waals surface area contributed by atoms with Gasteiger partial charge in [-0.2, -0.15) is 4.31 Å². The summed E-state index contributed by atoms with van der Waals surface area (Å²) in [7, 11) is -3.59. The fourth-order valence-corrected chi connectivity index (χ4v) is 6.84. The number of carbonyl (C=O) groups is 2. The summed E-state index contributed by atoms with van der Waals surface area (Å²) >= 11 is 0. The van der Waals surface area contributed by atoms with Gasteiger partial charge in [0.2, 0.25) is 21.8 Å². The van der Waals surface area contributed by atoms with Gasteiger partial charge in [0.1, 0.15) is 0 Å². The van der Waals surface area contributed by atoms with Gasteiger partial charge in [-0.05, 0) is 67.0 Å². The largest absolute Gasteiger partial charge is 0.312 e. The maximum atomic E-state index is 13.2. The van der Waals surface area contributed by atoms with Crippen LogP contribution >= 0.6 is 0 Å². The minimum atomic E-state index is -3.59. The molecule has 33 heavy (non-hydrogen) atoms. The Morgan fingerprint density at radius 3 is 2.30 bits per heavy atom. The summed E-state index contributed by atoms with van der Waals surface area (Å²) in [4.78, 5) is 28.5. The monoisotopic (exact) mass is 467 g/mol. The Bertz CT molecular complexity index is 1200. The summed E-state index contributed by atoms with van der Waals surface area (Å²) in [5.74, 6) is 0.300. The van der Waals surface area contributed by atoms with Crippen molar-refractivity contribution in [2.24, 2.45) is 5.92 Å². The molecule has 8 heteroatoms. The summed E-state index contributed by atoms with van der Waals surface area (Å²) in [6, 6.07) is 13.1. The predicted molar refractivity (Wildman–Crippen MR) is 127 cm³/mol. The highest BCUT2D eigenvalue weighted by molar-refractivity contribution is 7.89. The van der Waals surface area contributed by atoms with Gasteiger partial charge in [0, 0.05) is 50.9 Å². The summed E-state index contributed by atoms with van der Waals surface area (Å²) < 4.78 is 28.0. The number of anilines is 2. The summed E-state index contributed by atoms with van der Waals surface area (Å²) in [6.07, 6.45) is 3.39. The van der Waals surface area contributed by atoms with Crippen LogP contribution in [0.15, 0.2) is 47.4 Å². The van der Waals surface area contributed by atoms with Crippen molar-refractivity contribution < 1.29 is 18.0 Å². The minimum absolute atomic E-state index is 0.0293. The predicted octanol–water partition coefficient (Wildman–Crippen LogP) is 2.98. The second-order valence-corrected chi connectivity index (χ2v) is 11.1. The molecule has 0 spiro atoms. The standard InChI is InChI=1S/C25H29N3O4S/c1-18(29)27-14-11-21-17-22(6-7-24(21)27)33(31,32)26-12-8-19(9-13-26)16-25(30)28-15-10-20-4-2-3-5-23(20)28/h2-7,17,19H,8-16H2,1H3. The smallest absolute Gasteiger partial charge is 0.243 e. The molecule has 0 aliphatic carbocycles. The SMILES string of the molecule is CC(=O)N1CCc2cc(S(=O)(=O)N3CCC(CC(=O)N4CCc5ccccc54)CC3)ccc21. The number of rotatable bonds is 4. The van der Waals surface area contributed by atoms with E-state index in [2.05, 4.69) is 6.07 Å². The molecule has 0 N–H and O–H groups in total. The number of amides is 2. The third-order valence-corrected chi connectivity index (χ3v) is 9.08. The Morgan fingerprint density at radius 1 is 0.879 bits per heavy atom. The molecule has 2 amide bonds. The highest BCUT2D eigenvalue weighted by Gasteiger charge is 2.33. The van der Waals surface area contributed by atoms with E-state index in [4.69, 9.17) is 0 Å². The normalized spacial score (nSPS) is 18.9. The van der Waals surface area contributed by atoms with E-state index < -0.39 is 10.0 Å². The molecule has 0 atom stereocenters. The van der Waals surface area contributed by atoms with Crippen molar-refractivity contribution in [3.63, 3.8) is 0 Å². The summed E-state index contributed by atoms with van der Waals surface area (Å²) in [5.41, 5.74) is 3.94. The molecular weight excluding hydrogens is 438 g/mol. The molecule has 3 aliphatic rings. The van der Waals surface area contributed by atoms with E-state index in [9.17, 15) is 18.0 Å². The lowest BCUT2D eigenvalue weighted by Gasteiger charge is -2.32. The average molecular weight is 468 g/mol. The highest BCUT2D eigenvalue weighted by Crippen LogP contribution is 2.33. The van der Waals surface area contributed by atoms with Crippen molar-refractivity contribution in [3.05, 3.63) is 53.6 Å². The van der Waals surface area contributed by atoms with Crippen LogP contribution in [0.5, 0.6) is 0 Å². The zero-order valence-electron chi connectivity index (χ0n) is 18.9. The second kappa shape index (κ2) is 8.57. The Balaban J connectivity index is 1.21. The van der Waals surface area contributed by atoms with Crippen LogP contribution in [0.3, 0.4) is 0 Å². The third kappa shape index (κ3) is 4.06. The number of hydrogen-bond donors (Lipinski definition) is 0. The lowest BCUT2D eigenvalue weighted by Crippen LogP contribution is -2.40. The minimum Gasteiger partial charge on any atom is -0.312 e. The van der Waals surface area contributed by atoms with Crippen LogP contribution in [0, 0.1) is 5.92 Å². The zero-order valence-corrected chi connectivity index (χ0v) is 19.7. The molecule has 0 radical (unpaired) electrons. The van der Waals surface area contributed by atoms with Gasteiger partial charge in [0.05, 0.1) is 4.90 Å². The molecule has 3 heterocycles. The number of hydrogen-bond acceptors (Lipinski definition) is 4. The molecule has 0 saturated carbocycles. The van der Waals surface area contributed by atoms with Crippen molar-refractivity contribution in [2.75, 3.05) is 36.0 Å². The van der Waals surface area contributed by atoms with Crippen molar-refractivity contribution in [1.82, 2.24) is 4.31 Å². The number of sulfonamides is 1. The molecule has 1 saturated heterocycles. The molecule has 7 nitrogen and oxygen atoms in total.